The van der Waals surface area contributed by atoms with Crippen molar-refractivity contribution < 1.29 is 22.7 Å². The Morgan fingerprint density at radius 3 is 2.34 bits per heavy atom. The lowest BCUT2D eigenvalue weighted by molar-refractivity contribution is -0.140. The van der Waals surface area contributed by atoms with Crippen LogP contribution in [-0.4, -0.2) is 56.6 Å². The van der Waals surface area contributed by atoms with E-state index >= 15 is 0 Å². The predicted octanol–water partition coefficient (Wildman–Crippen LogP) is 3.76. The highest BCUT2D eigenvalue weighted by Crippen LogP contribution is 2.31. The summed E-state index contributed by atoms with van der Waals surface area (Å²) in [5.41, 5.74) is 1.25. The van der Waals surface area contributed by atoms with Gasteiger partial charge in [-0.1, -0.05) is 29.8 Å². The van der Waals surface area contributed by atoms with Gasteiger partial charge in [-0.05, 0) is 70.0 Å². The lowest BCUT2D eigenvalue weighted by atomic mass is 10.1. The molecule has 192 valence electrons. The number of methoxy groups -OCH3 is 1. The van der Waals surface area contributed by atoms with E-state index in [1.54, 1.807) is 49.4 Å². The first kappa shape index (κ1) is 28.5. The molecule has 0 aromatic heterocycles. The van der Waals surface area contributed by atoms with Crippen LogP contribution in [0.25, 0.3) is 0 Å². The maximum atomic E-state index is 13.6. The van der Waals surface area contributed by atoms with Gasteiger partial charge in [-0.3, -0.25) is 13.9 Å². The van der Waals surface area contributed by atoms with E-state index in [2.05, 4.69) is 5.32 Å². The van der Waals surface area contributed by atoms with Crippen molar-refractivity contribution in [1.29, 1.82) is 0 Å². The molecule has 35 heavy (non-hydrogen) atoms. The van der Waals surface area contributed by atoms with Crippen molar-refractivity contribution in [2.24, 2.45) is 0 Å². The molecule has 1 unspecified atom stereocenters. The van der Waals surface area contributed by atoms with Crippen molar-refractivity contribution in [2.45, 2.75) is 52.7 Å². The topological polar surface area (TPSA) is 96.0 Å². The maximum Gasteiger partial charge on any atom is 0.244 e. The first-order valence-electron chi connectivity index (χ1n) is 11.1. The van der Waals surface area contributed by atoms with Gasteiger partial charge in [0.1, 0.15) is 18.3 Å². The molecular formula is C25H34ClN3O5S. The van der Waals surface area contributed by atoms with Gasteiger partial charge in [0.05, 0.1) is 19.1 Å². The Labute approximate surface area is 213 Å². The lowest BCUT2D eigenvalue weighted by Crippen LogP contribution is -2.54. The van der Waals surface area contributed by atoms with Crippen molar-refractivity contribution in [3.05, 3.63) is 58.6 Å². The number of rotatable bonds is 9. The smallest absolute Gasteiger partial charge is 0.244 e. The third kappa shape index (κ3) is 8.14. The van der Waals surface area contributed by atoms with Crippen LogP contribution in [0, 0.1) is 6.92 Å². The summed E-state index contributed by atoms with van der Waals surface area (Å²) in [7, 11) is -2.43. The van der Waals surface area contributed by atoms with Gasteiger partial charge in [0.25, 0.3) is 0 Å². The van der Waals surface area contributed by atoms with Crippen LogP contribution >= 0.6 is 11.6 Å². The van der Waals surface area contributed by atoms with E-state index in [9.17, 15) is 18.0 Å². The van der Waals surface area contributed by atoms with Gasteiger partial charge in [-0.15, -0.1) is 0 Å². The number of carbonyl (C=O) groups is 2. The molecule has 1 N–H and O–H groups in total. The van der Waals surface area contributed by atoms with Gasteiger partial charge in [0.15, 0.2) is 0 Å². The lowest BCUT2D eigenvalue weighted by Gasteiger charge is -2.33. The third-order valence-corrected chi connectivity index (χ3v) is 6.55. The van der Waals surface area contributed by atoms with Crippen LogP contribution in [-0.2, 0) is 26.2 Å². The number of nitrogens with zero attached hydrogens (tertiary/aromatic N) is 2. The first-order chi connectivity index (χ1) is 16.1. The number of ether oxygens (including phenoxy) is 1. The summed E-state index contributed by atoms with van der Waals surface area (Å²) in [5, 5.41) is 3.37. The second kappa shape index (κ2) is 11.3. The number of benzene rings is 2. The fourth-order valence-corrected chi connectivity index (χ4v) is 4.54. The number of sulfonamides is 1. The number of aryl methyl sites for hydroxylation is 1. The summed E-state index contributed by atoms with van der Waals surface area (Å²) >= 11 is 6.13. The largest absolute Gasteiger partial charge is 0.495 e. The highest BCUT2D eigenvalue weighted by molar-refractivity contribution is 7.92. The number of halogens is 1. The summed E-state index contributed by atoms with van der Waals surface area (Å²) in [4.78, 5) is 28.0. The predicted molar refractivity (Wildman–Crippen MR) is 139 cm³/mol. The molecule has 2 aromatic rings. The molecule has 0 aliphatic carbocycles. The molecule has 0 aliphatic rings. The first-order valence-corrected chi connectivity index (χ1v) is 13.3. The molecule has 0 fully saturated rings. The quantitative estimate of drug-likeness (QED) is 0.540. The summed E-state index contributed by atoms with van der Waals surface area (Å²) < 4.78 is 31.9. The molecule has 0 spiro atoms. The van der Waals surface area contributed by atoms with Crippen LogP contribution in [0.5, 0.6) is 5.75 Å². The van der Waals surface area contributed by atoms with Crippen LogP contribution in [0.15, 0.2) is 42.5 Å². The molecule has 0 saturated heterocycles. The second-order valence-corrected chi connectivity index (χ2v) is 11.9. The number of carbonyl (C=O) groups excluding carboxylic acids is 2. The van der Waals surface area contributed by atoms with Crippen LogP contribution in [0.3, 0.4) is 0 Å². The van der Waals surface area contributed by atoms with Crippen molar-refractivity contribution in [2.75, 3.05) is 24.2 Å². The van der Waals surface area contributed by atoms with E-state index in [0.29, 0.717) is 16.3 Å². The zero-order chi connectivity index (χ0) is 26.6. The fraction of sp³-hybridized carbons (Fsp3) is 0.440. The van der Waals surface area contributed by atoms with E-state index < -0.39 is 34.1 Å². The molecule has 8 nitrogen and oxygen atoms in total. The number of hydrogen-bond donors (Lipinski definition) is 1. The molecule has 10 heteroatoms. The van der Waals surface area contributed by atoms with E-state index in [1.807, 2.05) is 27.7 Å². The van der Waals surface area contributed by atoms with Crippen LogP contribution in [0.2, 0.25) is 5.02 Å². The Balaban J connectivity index is 2.48. The molecule has 2 rings (SSSR count). The van der Waals surface area contributed by atoms with Crippen LogP contribution < -0.4 is 14.4 Å². The summed E-state index contributed by atoms with van der Waals surface area (Å²) in [6.07, 6.45) is 1.03. The van der Waals surface area contributed by atoms with E-state index in [1.165, 1.54) is 12.0 Å². The summed E-state index contributed by atoms with van der Waals surface area (Å²) in [6.45, 7) is 8.52. The molecular weight excluding hydrogens is 490 g/mol. The normalized spacial score (nSPS) is 12.6. The minimum Gasteiger partial charge on any atom is -0.495 e. The molecule has 2 aromatic carbocycles. The number of amides is 2. The Hall–Kier alpha value is -2.78. The Bertz CT molecular complexity index is 1180. The van der Waals surface area contributed by atoms with Crippen LogP contribution in [0.4, 0.5) is 5.69 Å². The van der Waals surface area contributed by atoms with Gasteiger partial charge in [0.2, 0.25) is 21.8 Å². The van der Waals surface area contributed by atoms with Crippen LogP contribution in [0.1, 0.15) is 38.8 Å². The van der Waals surface area contributed by atoms with Gasteiger partial charge in [-0.25, -0.2) is 8.42 Å². The minimum absolute atomic E-state index is 0.0701. The average molecular weight is 524 g/mol. The third-order valence-electron chi connectivity index (χ3n) is 5.19. The maximum absolute atomic E-state index is 13.6. The van der Waals surface area contributed by atoms with Gasteiger partial charge in [0, 0.05) is 17.1 Å². The van der Waals surface area contributed by atoms with Crippen molar-refractivity contribution >= 4 is 39.1 Å². The molecule has 1 atom stereocenters. The standard InChI is InChI=1S/C25H34ClN3O5S/c1-17-11-12-22(34-6)21(13-17)29(35(7,32)33)16-23(30)28(15-19-9-8-10-20(26)14-19)18(2)24(31)27-25(3,4)5/h8-14,18H,15-16H2,1-7H3,(H,27,31). The number of hydrogen-bond acceptors (Lipinski definition) is 5. The van der Waals surface area contributed by atoms with E-state index in [4.69, 9.17) is 16.3 Å². The summed E-state index contributed by atoms with van der Waals surface area (Å²) in [6, 6.07) is 11.2. The van der Waals surface area contributed by atoms with E-state index in [-0.39, 0.29) is 18.1 Å². The Morgan fingerprint density at radius 2 is 1.80 bits per heavy atom. The van der Waals surface area contributed by atoms with Gasteiger partial charge in [-0.2, -0.15) is 0 Å². The van der Waals surface area contributed by atoms with Gasteiger partial charge >= 0.3 is 0 Å². The zero-order valence-electron chi connectivity index (χ0n) is 21.3. The molecule has 0 heterocycles. The Kier molecular flexibility index (Phi) is 9.19. The fourth-order valence-electron chi connectivity index (χ4n) is 3.48. The van der Waals surface area contributed by atoms with Crippen molar-refractivity contribution in [3.8, 4) is 5.75 Å². The number of nitrogens with one attached hydrogen (secondary N) is 1. The SMILES string of the molecule is COc1ccc(C)cc1N(CC(=O)N(Cc1cccc(Cl)c1)C(C)C(=O)NC(C)(C)C)S(C)(=O)=O. The Morgan fingerprint density at radius 1 is 1.14 bits per heavy atom. The summed E-state index contributed by atoms with van der Waals surface area (Å²) in [5.74, 6) is -0.587. The molecule has 0 radical (unpaired) electrons. The highest BCUT2D eigenvalue weighted by atomic mass is 35.5. The molecule has 2 amide bonds. The minimum atomic E-state index is -3.87. The number of anilines is 1. The van der Waals surface area contributed by atoms with Crippen molar-refractivity contribution in [1.82, 2.24) is 10.2 Å². The highest BCUT2D eigenvalue weighted by Gasteiger charge is 2.32. The molecule has 0 saturated carbocycles. The average Bonchev–Trinajstić information content (AvgIpc) is 2.73. The second-order valence-electron chi connectivity index (χ2n) is 9.51. The van der Waals surface area contributed by atoms with Gasteiger partial charge < -0.3 is 15.0 Å². The van der Waals surface area contributed by atoms with Crippen molar-refractivity contribution in [3.63, 3.8) is 0 Å². The molecule has 0 bridgehead atoms. The van der Waals surface area contributed by atoms with E-state index in [0.717, 1.165) is 16.1 Å². The monoisotopic (exact) mass is 523 g/mol. The zero-order valence-corrected chi connectivity index (χ0v) is 22.8. The molecule has 0 aliphatic heterocycles.